The molecule has 0 aliphatic heterocycles. The highest BCUT2D eigenvalue weighted by Crippen LogP contribution is 2.25. The Hall–Kier alpha value is -1.43. The molecule has 16 heavy (non-hydrogen) atoms. The van der Waals surface area contributed by atoms with Crippen LogP contribution in [0.3, 0.4) is 0 Å². The molecule has 0 bridgehead atoms. The lowest BCUT2D eigenvalue weighted by Gasteiger charge is -2.14. The van der Waals surface area contributed by atoms with Crippen molar-refractivity contribution in [3.05, 3.63) is 47.0 Å². The van der Waals surface area contributed by atoms with Crippen molar-refractivity contribution < 1.29 is 0 Å². The third-order valence-electron chi connectivity index (χ3n) is 2.31. The molecule has 0 aliphatic carbocycles. The van der Waals surface area contributed by atoms with Crippen LogP contribution in [-0.4, -0.2) is 14.8 Å². The lowest BCUT2D eigenvalue weighted by molar-refractivity contribution is 0.603. The van der Waals surface area contributed by atoms with Gasteiger partial charge in [-0.1, -0.05) is 11.6 Å². The molecule has 2 heterocycles. The average Bonchev–Trinajstić information content (AvgIpc) is 2.69. The van der Waals surface area contributed by atoms with Crippen LogP contribution >= 0.6 is 11.6 Å². The Morgan fingerprint density at radius 3 is 2.88 bits per heavy atom. The maximum absolute atomic E-state index is 6.06. The fourth-order valence-electron chi connectivity index (χ4n) is 1.54. The first-order valence-electron chi connectivity index (χ1n) is 4.77. The number of hydrogen-bond donors (Lipinski definition) is 2. The molecule has 0 saturated carbocycles. The van der Waals surface area contributed by atoms with E-state index in [9.17, 15) is 0 Å². The van der Waals surface area contributed by atoms with E-state index in [1.165, 1.54) is 0 Å². The minimum Gasteiger partial charge on any atom is -0.275 e. The van der Waals surface area contributed by atoms with Gasteiger partial charge in [0.05, 0.1) is 16.8 Å². The monoisotopic (exact) mass is 237 g/mol. The summed E-state index contributed by atoms with van der Waals surface area (Å²) in [4.78, 5) is 3.93. The lowest BCUT2D eigenvalue weighted by atomic mass is 10.1. The molecule has 2 aromatic heterocycles. The van der Waals surface area contributed by atoms with Crippen molar-refractivity contribution in [2.24, 2.45) is 12.9 Å². The summed E-state index contributed by atoms with van der Waals surface area (Å²) in [5.74, 6) is 5.54. The van der Waals surface area contributed by atoms with Crippen molar-refractivity contribution in [1.29, 1.82) is 0 Å². The summed E-state index contributed by atoms with van der Waals surface area (Å²) in [6.45, 7) is 0. The van der Waals surface area contributed by atoms with E-state index in [4.69, 9.17) is 17.4 Å². The Bertz CT molecular complexity index is 482. The molecule has 0 saturated heterocycles. The van der Waals surface area contributed by atoms with Crippen LogP contribution in [-0.2, 0) is 7.05 Å². The van der Waals surface area contributed by atoms with E-state index in [0.717, 1.165) is 11.3 Å². The lowest BCUT2D eigenvalue weighted by Crippen LogP contribution is -2.29. The van der Waals surface area contributed by atoms with Gasteiger partial charge in [0.15, 0.2) is 0 Å². The number of pyridine rings is 1. The smallest absolute Gasteiger partial charge is 0.0915 e. The first-order chi connectivity index (χ1) is 7.72. The zero-order valence-corrected chi connectivity index (χ0v) is 9.52. The third kappa shape index (κ3) is 2.06. The van der Waals surface area contributed by atoms with Crippen molar-refractivity contribution in [2.75, 3.05) is 0 Å². The van der Waals surface area contributed by atoms with E-state index in [2.05, 4.69) is 15.5 Å². The normalized spacial score (nSPS) is 12.7. The quantitative estimate of drug-likeness (QED) is 0.618. The number of nitrogens with zero attached hydrogens (tertiary/aromatic N) is 3. The van der Waals surface area contributed by atoms with Crippen LogP contribution in [0, 0.1) is 0 Å². The van der Waals surface area contributed by atoms with Crippen molar-refractivity contribution in [1.82, 2.24) is 20.2 Å². The molecule has 6 heteroatoms. The Labute approximate surface area is 98.2 Å². The van der Waals surface area contributed by atoms with E-state index in [1.807, 2.05) is 25.4 Å². The zero-order chi connectivity index (χ0) is 11.5. The van der Waals surface area contributed by atoms with Gasteiger partial charge in [0.2, 0.25) is 0 Å². The van der Waals surface area contributed by atoms with Gasteiger partial charge in [-0.3, -0.25) is 15.5 Å². The maximum atomic E-state index is 6.06. The first-order valence-corrected chi connectivity index (χ1v) is 5.15. The topological polar surface area (TPSA) is 68.8 Å². The molecule has 0 fully saturated rings. The minimum absolute atomic E-state index is 0.225. The fourth-order valence-corrected chi connectivity index (χ4v) is 1.77. The van der Waals surface area contributed by atoms with Crippen molar-refractivity contribution in [3.63, 3.8) is 0 Å². The summed E-state index contributed by atoms with van der Waals surface area (Å²) in [5, 5.41) is 4.86. The average molecular weight is 238 g/mol. The van der Waals surface area contributed by atoms with Crippen LogP contribution in [0.4, 0.5) is 0 Å². The predicted molar refractivity (Wildman–Crippen MR) is 61.6 cm³/mol. The van der Waals surface area contributed by atoms with Gasteiger partial charge in [-0.2, -0.15) is 5.10 Å². The van der Waals surface area contributed by atoms with Crippen LogP contribution in [0.2, 0.25) is 5.02 Å². The van der Waals surface area contributed by atoms with Gasteiger partial charge >= 0.3 is 0 Å². The summed E-state index contributed by atoms with van der Waals surface area (Å²) in [5.41, 5.74) is 4.38. The van der Waals surface area contributed by atoms with E-state index >= 15 is 0 Å². The summed E-state index contributed by atoms with van der Waals surface area (Å²) in [7, 11) is 1.85. The number of rotatable bonds is 3. The fraction of sp³-hybridized carbons (Fsp3) is 0.200. The van der Waals surface area contributed by atoms with Gasteiger partial charge in [0, 0.05) is 25.6 Å². The van der Waals surface area contributed by atoms with Gasteiger partial charge in [-0.15, -0.1) is 0 Å². The van der Waals surface area contributed by atoms with Gasteiger partial charge in [0.25, 0.3) is 0 Å². The number of hydrazine groups is 1. The van der Waals surface area contributed by atoms with E-state index in [-0.39, 0.29) is 6.04 Å². The van der Waals surface area contributed by atoms with Crippen LogP contribution in [0.5, 0.6) is 0 Å². The molecule has 3 N–H and O–H groups in total. The summed E-state index contributed by atoms with van der Waals surface area (Å²) >= 11 is 6.06. The number of aryl methyl sites for hydroxylation is 1. The third-order valence-corrected chi connectivity index (χ3v) is 2.63. The Kier molecular flexibility index (Phi) is 3.19. The molecule has 2 aromatic rings. The van der Waals surface area contributed by atoms with Crippen molar-refractivity contribution in [3.8, 4) is 0 Å². The number of halogens is 1. The van der Waals surface area contributed by atoms with Gasteiger partial charge < -0.3 is 0 Å². The summed E-state index contributed by atoms with van der Waals surface area (Å²) < 4.78 is 1.72. The molecule has 84 valence electrons. The van der Waals surface area contributed by atoms with E-state index in [1.54, 1.807) is 17.1 Å². The van der Waals surface area contributed by atoms with Crippen molar-refractivity contribution in [2.45, 2.75) is 6.04 Å². The first kappa shape index (κ1) is 11.1. The summed E-state index contributed by atoms with van der Waals surface area (Å²) in [6, 6.07) is 3.49. The Morgan fingerprint density at radius 2 is 2.31 bits per heavy atom. The molecule has 5 nitrogen and oxygen atoms in total. The number of nitrogens with one attached hydrogen (secondary N) is 1. The van der Waals surface area contributed by atoms with Gasteiger partial charge in [0.1, 0.15) is 0 Å². The standard InChI is InChI=1S/C10H12ClN5/c1-16-5-3-9(15-16)10(14-12)7-2-4-13-6-8(7)11/h2-6,10,14H,12H2,1H3. The Morgan fingerprint density at radius 1 is 1.50 bits per heavy atom. The summed E-state index contributed by atoms with van der Waals surface area (Å²) in [6.07, 6.45) is 5.12. The Balaban J connectivity index is 2.40. The molecule has 0 amide bonds. The molecule has 0 spiro atoms. The SMILES string of the molecule is Cn1ccc(C(NN)c2ccncc2Cl)n1. The molecule has 0 aromatic carbocycles. The molecular weight excluding hydrogens is 226 g/mol. The highest BCUT2D eigenvalue weighted by molar-refractivity contribution is 6.31. The van der Waals surface area contributed by atoms with Crippen LogP contribution in [0.15, 0.2) is 30.7 Å². The predicted octanol–water partition coefficient (Wildman–Crippen LogP) is 1.02. The highest BCUT2D eigenvalue weighted by atomic mass is 35.5. The largest absolute Gasteiger partial charge is 0.275 e. The molecule has 2 rings (SSSR count). The second-order valence-electron chi connectivity index (χ2n) is 3.41. The molecule has 1 unspecified atom stereocenters. The van der Waals surface area contributed by atoms with Crippen molar-refractivity contribution >= 4 is 11.6 Å². The molecular formula is C10H12ClN5. The number of nitrogens with two attached hydrogens (primary N) is 1. The maximum Gasteiger partial charge on any atom is 0.0915 e. The number of hydrogen-bond acceptors (Lipinski definition) is 4. The molecule has 0 radical (unpaired) electrons. The van der Waals surface area contributed by atoms with E-state index in [0.29, 0.717) is 5.02 Å². The van der Waals surface area contributed by atoms with E-state index < -0.39 is 0 Å². The second-order valence-corrected chi connectivity index (χ2v) is 3.82. The van der Waals surface area contributed by atoms with Crippen LogP contribution in [0.25, 0.3) is 0 Å². The minimum atomic E-state index is -0.225. The molecule has 0 aliphatic rings. The molecule has 1 atom stereocenters. The zero-order valence-electron chi connectivity index (χ0n) is 8.76. The van der Waals surface area contributed by atoms with Crippen LogP contribution < -0.4 is 11.3 Å². The second kappa shape index (κ2) is 4.61. The number of aromatic nitrogens is 3. The van der Waals surface area contributed by atoms with Crippen LogP contribution in [0.1, 0.15) is 17.3 Å². The highest BCUT2D eigenvalue weighted by Gasteiger charge is 2.17. The van der Waals surface area contributed by atoms with Gasteiger partial charge in [-0.05, 0) is 17.7 Å². The van der Waals surface area contributed by atoms with Gasteiger partial charge in [-0.25, -0.2) is 5.43 Å².